The number of allylic oxidation sites excluding steroid dienone is 9. The fourth-order valence-electron chi connectivity index (χ4n) is 2.06. The van der Waals surface area contributed by atoms with Gasteiger partial charge in [0, 0.05) is 0 Å². The van der Waals surface area contributed by atoms with Crippen molar-refractivity contribution < 1.29 is 0 Å². The van der Waals surface area contributed by atoms with Crippen LogP contribution in [0.2, 0.25) is 0 Å². The van der Waals surface area contributed by atoms with Crippen LogP contribution in [0.1, 0.15) is 40.5 Å². The first-order valence-corrected chi connectivity index (χ1v) is 6.36. The molecule has 0 heterocycles. The van der Waals surface area contributed by atoms with Crippen molar-refractivity contribution >= 4 is 0 Å². The van der Waals surface area contributed by atoms with E-state index < -0.39 is 0 Å². The van der Waals surface area contributed by atoms with Crippen LogP contribution in [0.5, 0.6) is 0 Å². The van der Waals surface area contributed by atoms with Gasteiger partial charge in [-0.3, -0.25) is 0 Å². The minimum Gasteiger partial charge on any atom is -0.0912 e. The maximum absolute atomic E-state index is 4.18. The van der Waals surface area contributed by atoms with Crippen LogP contribution in [0, 0.1) is 5.41 Å². The summed E-state index contributed by atoms with van der Waals surface area (Å²) >= 11 is 0. The molecule has 1 rings (SSSR count). The van der Waals surface area contributed by atoms with Gasteiger partial charge in [-0.25, -0.2) is 0 Å². The normalized spacial score (nSPS) is 17.4. The van der Waals surface area contributed by atoms with Crippen molar-refractivity contribution in [3.8, 4) is 0 Å². The quantitative estimate of drug-likeness (QED) is 0.570. The molecule has 0 N–H and O–H groups in total. The number of rotatable bonds is 3. The van der Waals surface area contributed by atoms with Gasteiger partial charge in [0.2, 0.25) is 0 Å². The molecule has 0 saturated heterocycles. The van der Waals surface area contributed by atoms with Crippen LogP contribution in [0.4, 0.5) is 0 Å². The molecule has 92 valence electrons. The van der Waals surface area contributed by atoms with Gasteiger partial charge >= 0.3 is 0 Å². The van der Waals surface area contributed by atoms with Crippen LogP contribution >= 0.6 is 0 Å². The Labute approximate surface area is 106 Å². The second-order valence-corrected chi connectivity index (χ2v) is 5.47. The molecule has 0 aliphatic heterocycles. The van der Waals surface area contributed by atoms with Gasteiger partial charge < -0.3 is 0 Å². The Balaban J connectivity index is 2.92. The summed E-state index contributed by atoms with van der Waals surface area (Å²) in [5.41, 5.74) is 4.07. The zero-order valence-corrected chi connectivity index (χ0v) is 11.6. The molecule has 1 aliphatic rings. The lowest BCUT2D eigenvalue weighted by molar-refractivity contribution is 0.506. The van der Waals surface area contributed by atoms with E-state index in [4.69, 9.17) is 0 Å². The highest BCUT2D eigenvalue weighted by Crippen LogP contribution is 2.37. The fraction of sp³-hybridized carbons (Fsp3) is 0.412. The maximum atomic E-state index is 4.18. The molecule has 0 bridgehead atoms. The molecule has 0 spiro atoms. The van der Waals surface area contributed by atoms with Crippen molar-refractivity contribution in [2.75, 3.05) is 0 Å². The van der Waals surface area contributed by atoms with Crippen molar-refractivity contribution in [2.45, 2.75) is 40.5 Å². The summed E-state index contributed by atoms with van der Waals surface area (Å²) in [6.07, 6.45) is 15.2. The largest absolute Gasteiger partial charge is 0.0912 e. The van der Waals surface area contributed by atoms with E-state index >= 15 is 0 Å². The van der Waals surface area contributed by atoms with Gasteiger partial charge in [0.25, 0.3) is 0 Å². The van der Waals surface area contributed by atoms with Crippen LogP contribution in [-0.4, -0.2) is 0 Å². The molecule has 17 heavy (non-hydrogen) atoms. The summed E-state index contributed by atoms with van der Waals surface area (Å²) in [6, 6.07) is 0. The zero-order chi connectivity index (χ0) is 12.9. The standard InChI is InChI=1S/C17H24/c1-6-7-8-11-14(2)15-12-9-10-13-16(15)17(3,4)5/h6-8,11-13H,2,9-10H2,1,3-5H3/b7-6-,11-8-. The van der Waals surface area contributed by atoms with Crippen molar-refractivity contribution in [3.05, 3.63) is 59.8 Å². The Kier molecular flexibility index (Phi) is 4.74. The van der Waals surface area contributed by atoms with E-state index in [2.05, 4.69) is 51.7 Å². The first-order chi connectivity index (χ1) is 7.96. The topological polar surface area (TPSA) is 0 Å². The molecule has 0 radical (unpaired) electrons. The Morgan fingerprint density at radius 1 is 1.18 bits per heavy atom. The van der Waals surface area contributed by atoms with Gasteiger partial charge in [0.1, 0.15) is 0 Å². The summed E-state index contributed by atoms with van der Waals surface area (Å²) in [5.74, 6) is 0. The van der Waals surface area contributed by atoms with Gasteiger partial charge in [-0.2, -0.15) is 0 Å². The van der Waals surface area contributed by atoms with Gasteiger partial charge in [0.15, 0.2) is 0 Å². The van der Waals surface area contributed by atoms with Crippen molar-refractivity contribution in [1.82, 2.24) is 0 Å². The highest BCUT2D eigenvalue weighted by molar-refractivity contribution is 5.53. The van der Waals surface area contributed by atoms with Crippen molar-refractivity contribution in [3.63, 3.8) is 0 Å². The summed E-state index contributed by atoms with van der Waals surface area (Å²) in [7, 11) is 0. The van der Waals surface area contributed by atoms with E-state index in [0.29, 0.717) is 0 Å². The molecule has 1 aliphatic carbocycles. The van der Waals surface area contributed by atoms with Crippen molar-refractivity contribution in [2.24, 2.45) is 5.41 Å². The monoisotopic (exact) mass is 228 g/mol. The van der Waals surface area contributed by atoms with Gasteiger partial charge in [-0.1, -0.05) is 63.8 Å². The SMILES string of the molecule is C=C(/C=C\C=C/C)C1=CCCC=C1C(C)(C)C. The molecule has 0 aromatic rings. The summed E-state index contributed by atoms with van der Waals surface area (Å²) in [5, 5.41) is 0. The van der Waals surface area contributed by atoms with E-state index in [-0.39, 0.29) is 5.41 Å². The smallest absolute Gasteiger partial charge is 0.0129 e. The Hall–Kier alpha value is -1.30. The van der Waals surface area contributed by atoms with Crippen LogP contribution in [-0.2, 0) is 0 Å². The second-order valence-electron chi connectivity index (χ2n) is 5.47. The molecule has 0 aromatic heterocycles. The lowest BCUT2D eigenvalue weighted by atomic mass is 9.77. The lowest BCUT2D eigenvalue weighted by Gasteiger charge is -2.28. The van der Waals surface area contributed by atoms with Crippen LogP contribution in [0.15, 0.2) is 59.8 Å². The molecule has 0 nitrogen and oxygen atoms in total. The minimum absolute atomic E-state index is 0.198. The average Bonchev–Trinajstić information content (AvgIpc) is 2.28. The molecule has 0 fully saturated rings. The first-order valence-electron chi connectivity index (χ1n) is 6.36. The number of hydrogen-bond acceptors (Lipinski definition) is 0. The maximum Gasteiger partial charge on any atom is -0.0129 e. The second kappa shape index (κ2) is 5.86. The average molecular weight is 228 g/mol. The predicted molar refractivity (Wildman–Crippen MR) is 77.9 cm³/mol. The van der Waals surface area contributed by atoms with E-state index in [9.17, 15) is 0 Å². The Morgan fingerprint density at radius 2 is 1.82 bits per heavy atom. The van der Waals surface area contributed by atoms with Gasteiger partial charge in [-0.15, -0.1) is 0 Å². The van der Waals surface area contributed by atoms with E-state index in [0.717, 1.165) is 18.4 Å². The van der Waals surface area contributed by atoms with Crippen molar-refractivity contribution in [1.29, 1.82) is 0 Å². The van der Waals surface area contributed by atoms with Crippen LogP contribution < -0.4 is 0 Å². The summed E-state index contributed by atoms with van der Waals surface area (Å²) < 4.78 is 0. The van der Waals surface area contributed by atoms with E-state index in [1.165, 1.54) is 11.1 Å². The van der Waals surface area contributed by atoms with Gasteiger partial charge in [0.05, 0.1) is 0 Å². The third-order valence-corrected chi connectivity index (χ3v) is 2.91. The summed E-state index contributed by atoms with van der Waals surface area (Å²) in [4.78, 5) is 0. The first kappa shape index (κ1) is 13.8. The minimum atomic E-state index is 0.198. The Bertz CT molecular complexity index is 392. The molecule has 0 aromatic carbocycles. The molecular formula is C17H24. The number of hydrogen-bond donors (Lipinski definition) is 0. The molecule has 0 heteroatoms. The lowest BCUT2D eigenvalue weighted by Crippen LogP contribution is -2.14. The highest BCUT2D eigenvalue weighted by atomic mass is 14.3. The molecule has 0 saturated carbocycles. The third-order valence-electron chi connectivity index (χ3n) is 2.91. The van der Waals surface area contributed by atoms with E-state index in [1.54, 1.807) is 0 Å². The molecule has 0 amide bonds. The van der Waals surface area contributed by atoms with Crippen LogP contribution in [0.25, 0.3) is 0 Å². The predicted octanol–water partition coefficient (Wildman–Crippen LogP) is 5.37. The van der Waals surface area contributed by atoms with E-state index in [1.807, 2.05) is 19.1 Å². The third kappa shape index (κ3) is 3.89. The molecule has 0 atom stereocenters. The molecule has 0 unspecified atom stereocenters. The Morgan fingerprint density at radius 3 is 2.41 bits per heavy atom. The molecular weight excluding hydrogens is 204 g/mol. The zero-order valence-electron chi connectivity index (χ0n) is 11.6. The fourth-order valence-corrected chi connectivity index (χ4v) is 2.06. The van der Waals surface area contributed by atoms with Gasteiger partial charge in [-0.05, 0) is 41.9 Å². The highest BCUT2D eigenvalue weighted by Gasteiger charge is 2.22. The summed E-state index contributed by atoms with van der Waals surface area (Å²) in [6.45, 7) is 13.0. The van der Waals surface area contributed by atoms with Crippen LogP contribution in [0.3, 0.4) is 0 Å².